The maximum atomic E-state index is 13.8. The molecule has 0 unspecified atom stereocenters. The van der Waals surface area contributed by atoms with E-state index in [0.29, 0.717) is 5.56 Å². The summed E-state index contributed by atoms with van der Waals surface area (Å²) in [6.07, 6.45) is 0. The van der Waals surface area contributed by atoms with Crippen LogP contribution < -0.4 is 5.32 Å². The highest BCUT2D eigenvalue weighted by atomic mass is 19.1. The summed E-state index contributed by atoms with van der Waals surface area (Å²) in [4.78, 5) is 11.3. The number of benzene rings is 1. The van der Waals surface area contributed by atoms with E-state index in [1.54, 1.807) is 27.7 Å². The standard InChI is InChI=1S/C15H19FN2O2/c1-14(2,13(19)20)15(3,4)18-9-11-6-5-10(8-17)7-12(11)16/h5-7,18H,9H2,1-4H3,(H,19,20). The van der Waals surface area contributed by atoms with E-state index < -0.39 is 22.7 Å². The Balaban J connectivity index is 2.87. The number of hydrogen-bond donors (Lipinski definition) is 2. The minimum atomic E-state index is -1.00. The van der Waals surface area contributed by atoms with Gasteiger partial charge in [-0.3, -0.25) is 4.79 Å². The molecular weight excluding hydrogens is 259 g/mol. The van der Waals surface area contributed by atoms with Gasteiger partial charge >= 0.3 is 5.97 Å². The van der Waals surface area contributed by atoms with Gasteiger partial charge in [-0.1, -0.05) is 6.07 Å². The van der Waals surface area contributed by atoms with Crippen LogP contribution in [-0.2, 0) is 11.3 Å². The summed E-state index contributed by atoms with van der Waals surface area (Å²) >= 11 is 0. The third-order valence-electron chi connectivity index (χ3n) is 4.00. The van der Waals surface area contributed by atoms with Gasteiger partial charge in [0.25, 0.3) is 0 Å². The first-order valence-corrected chi connectivity index (χ1v) is 6.29. The van der Waals surface area contributed by atoms with Crippen LogP contribution in [-0.4, -0.2) is 16.6 Å². The number of carboxylic acid groups (broad SMARTS) is 1. The second-order valence-electron chi connectivity index (χ2n) is 5.83. The highest BCUT2D eigenvalue weighted by molar-refractivity contribution is 5.75. The molecule has 0 aliphatic rings. The van der Waals surface area contributed by atoms with E-state index in [-0.39, 0.29) is 12.1 Å². The monoisotopic (exact) mass is 278 g/mol. The average Bonchev–Trinajstić information content (AvgIpc) is 2.36. The van der Waals surface area contributed by atoms with Gasteiger partial charge in [0.1, 0.15) is 5.82 Å². The fraction of sp³-hybridized carbons (Fsp3) is 0.467. The minimum Gasteiger partial charge on any atom is -0.481 e. The third kappa shape index (κ3) is 3.14. The Bertz CT molecular complexity index is 559. The van der Waals surface area contributed by atoms with Crippen LogP contribution in [0.2, 0.25) is 0 Å². The van der Waals surface area contributed by atoms with Crippen LogP contribution in [0.5, 0.6) is 0 Å². The van der Waals surface area contributed by atoms with Crippen molar-refractivity contribution in [3.63, 3.8) is 0 Å². The normalized spacial score (nSPS) is 12.0. The first-order valence-electron chi connectivity index (χ1n) is 6.29. The molecule has 0 amide bonds. The quantitative estimate of drug-likeness (QED) is 0.868. The Kier molecular flexibility index (Phi) is 4.51. The molecule has 2 N–H and O–H groups in total. The van der Waals surface area contributed by atoms with Crippen LogP contribution in [0.1, 0.15) is 38.8 Å². The smallest absolute Gasteiger partial charge is 0.310 e. The number of rotatable bonds is 5. The number of carboxylic acids is 1. The summed E-state index contributed by atoms with van der Waals surface area (Å²) in [5.41, 5.74) is -1.07. The summed E-state index contributed by atoms with van der Waals surface area (Å²) in [6, 6.07) is 6.11. The molecule has 1 rings (SSSR count). The molecule has 108 valence electrons. The van der Waals surface area contributed by atoms with Gasteiger partial charge in [0.15, 0.2) is 0 Å². The summed E-state index contributed by atoms with van der Waals surface area (Å²) in [5, 5.41) is 21.0. The van der Waals surface area contributed by atoms with Crippen molar-refractivity contribution in [1.82, 2.24) is 5.32 Å². The Labute approximate surface area is 118 Å². The number of nitriles is 1. The van der Waals surface area contributed by atoms with E-state index in [9.17, 15) is 14.3 Å². The number of hydrogen-bond acceptors (Lipinski definition) is 3. The summed E-state index contributed by atoms with van der Waals surface area (Å²) in [5.74, 6) is -1.39. The zero-order valence-electron chi connectivity index (χ0n) is 12.1. The van der Waals surface area contributed by atoms with Crippen LogP contribution >= 0.6 is 0 Å². The largest absolute Gasteiger partial charge is 0.481 e. The van der Waals surface area contributed by atoms with Crippen LogP contribution in [0.3, 0.4) is 0 Å². The lowest BCUT2D eigenvalue weighted by Gasteiger charge is -2.39. The molecule has 0 bridgehead atoms. The first-order chi connectivity index (χ1) is 9.11. The molecule has 0 aromatic heterocycles. The highest BCUT2D eigenvalue weighted by Crippen LogP contribution is 2.31. The van der Waals surface area contributed by atoms with Crippen molar-refractivity contribution in [1.29, 1.82) is 5.26 Å². The number of carbonyl (C=O) groups is 1. The summed E-state index contributed by atoms with van der Waals surface area (Å²) < 4.78 is 13.8. The average molecular weight is 278 g/mol. The number of nitrogens with one attached hydrogen (secondary N) is 1. The molecule has 0 fully saturated rings. The highest BCUT2D eigenvalue weighted by Gasteiger charge is 2.43. The van der Waals surface area contributed by atoms with E-state index in [1.807, 2.05) is 6.07 Å². The van der Waals surface area contributed by atoms with Crippen LogP contribution in [0.25, 0.3) is 0 Å². The molecule has 0 atom stereocenters. The zero-order chi connectivity index (χ0) is 15.6. The Morgan fingerprint density at radius 3 is 2.45 bits per heavy atom. The van der Waals surface area contributed by atoms with Gasteiger partial charge in [-0.15, -0.1) is 0 Å². The van der Waals surface area contributed by atoms with Crippen LogP contribution in [0.15, 0.2) is 18.2 Å². The van der Waals surface area contributed by atoms with Gasteiger partial charge in [-0.25, -0.2) is 4.39 Å². The van der Waals surface area contributed by atoms with Crippen molar-refractivity contribution < 1.29 is 14.3 Å². The predicted octanol–water partition coefficient (Wildman–Crippen LogP) is 2.68. The van der Waals surface area contributed by atoms with Crippen LogP contribution in [0, 0.1) is 22.6 Å². The fourth-order valence-corrected chi connectivity index (χ4v) is 1.56. The lowest BCUT2D eigenvalue weighted by Crippen LogP contribution is -2.54. The lowest BCUT2D eigenvalue weighted by molar-refractivity contribution is -0.151. The molecule has 5 heteroatoms. The Morgan fingerprint density at radius 1 is 1.40 bits per heavy atom. The van der Waals surface area contributed by atoms with Gasteiger partial charge in [0, 0.05) is 17.6 Å². The molecule has 0 aliphatic carbocycles. The van der Waals surface area contributed by atoms with E-state index in [0.717, 1.165) is 0 Å². The van der Waals surface area contributed by atoms with E-state index in [2.05, 4.69) is 5.32 Å². The summed E-state index contributed by atoms with van der Waals surface area (Å²) in [7, 11) is 0. The maximum Gasteiger partial charge on any atom is 0.310 e. The van der Waals surface area contributed by atoms with Gasteiger partial charge in [-0.2, -0.15) is 5.26 Å². The van der Waals surface area contributed by atoms with Gasteiger partial charge in [0.2, 0.25) is 0 Å². The molecule has 20 heavy (non-hydrogen) atoms. The second-order valence-corrected chi connectivity index (χ2v) is 5.83. The molecule has 4 nitrogen and oxygen atoms in total. The zero-order valence-corrected chi connectivity index (χ0v) is 12.1. The lowest BCUT2D eigenvalue weighted by atomic mass is 9.74. The van der Waals surface area contributed by atoms with E-state index in [1.165, 1.54) is 18.2 Å². The summed E-state index contributed by atoms with van der Waals surface area (Å²) in [6.45, 7) is 6.97. The van der Waals surface area contributed by atoms with Crippen molar-refractivity contribution in [2.75, 3.05) is 0 Å². The van der Waals surface area contributed by atoms with Gasteiger partial charge in [0.05, 0.1) is 17.0 Å². The van der Waals surface area contributed by atoms with Crippen molar-refractivity contribution in [3.8, 4) is 6.07 Å². The molecule has 1 aromatic rings. The van der Waals surface area contributed by atoms with Gasteiger partial charge in [-0.05, 0) is 39.8 Å². The van der Waals surface area contributed by atoms with Gasteiger partial charge < -0.3 is 10.4 Å². The minimum absolute atomic E-state index is 0.196. The van der Waals surface area contributed by atoms with Crippen molar-refractivity contribution in [2.45, 2.75) is 39.8 Å². The molecule has 1 aromatic carbocycles. The van der Waals surface area contributed by atoms with Crippen molar-refractivity contribution in [2.24, 2.45) is 5.41 Å². The van der Waals surface area contributed by atoms with Crippen molar-refractivity contribution in [3.05, 3.63) is 35.1 Å². The molecule has 0 saturated carbocycles. The Morgan fingerprint density at radius 2 is 2.00 bits per heavy atom. The molecule has 0 radical (unpaired) electrons. The topological polar surface area (TPSA) is 73.1 Å². The molecule has 0 saturated heterocycles. The van der Waals surface area contributed by atoms with E-state index >= 15 is 0 Å². The second kappa shape index (κ2) is 5.59. The number of aliphatic carboxylic acids is 1. The fourth-order valence-electron chi connectivity index (χ4n) is 1.56. The molecule has 0 heterocycles. The number of halogens is 1. The molecule has 0 spiro atoms. The van der Waals surface area contributed by atoms with E-state index in [4.69, 9.17) is 5.26 Å². The third-order valence-corrected chi connectivity index (χ3v) is 4.00. The predicted molar refractivity (Wildman–Crippen MR) is 73.5 cm³/mol. The molecule has 0 aliphatic heterocycles. The SMILES string of the molecule is CC(C)(NCc1ccc(C#N)cc1F)C(C)(C)C(=O)O. The van der Waals surface area contributed by atoms with Crippen molar-refractivity contribution >= 4 is 5.97 Å². The number of nitrogens with zero attached hydrogens (tertiary/aromatic N) is 1. The molecular formula is C15H19FN2O2. The Hall–Kier alpha value is -1.93. The maximum absolute atomic E-state index is 13.8. The van der Waals surface area contributed by atoms with Crippen LogP contribution in [0.4, 0.5) is 4.39 Å². The first kappa shape index (κ1) is 16.1.